The van der Waals surface area contributed by atoms with Crippen molar-refractivity contribution in [1.82, 2.24) is 0 Å². The number of nitrogens with zero attached hydrogens (tertiary/aromatic N) is 1. The normalized spacial score (nSPS) is 16.0. The Hall–Kier alpha value is -1.89. The van der Waals surface area contributed by atoms with Gasteiger partial charge in [0, 0.05) is 0 Å². The molecular formula is C28H52NO6+. The molecule has 0 rings (SSSR count). The summed E-state index contributed by atoms with van der Waals surface area (Å²) in [5, 5.41) is 29.3. The molecule has 0 aromatic heterocycles. The molecule has 0 saturated carbocycles. The predicted molar refractivity (Wildman–Crippen MR) is 140 cm³/mol. The Balaban J connectivity index is 5.33. The number of rotatable bonds is 23. The van der Waals surface area contributed by atoms with E-state index >= 15 is 0 Å². The van der Waals surface area contributed by atoms with E-state index in [0.717, 1.165) is 38.5 Å². The molecule has 0 aliphatic rings. The predicted octanol–water partition coefficient (Wildman–Crippen LogP) is 6.22. The summed E-state index contributed by atoms with van der Waals surface area (Å²) in [5.41, 5.74) is 0. The van der Waals surface area contributed by atoms with Gasteiger partial charge in [0.05, 0.1) is 26.2 Å². The zero-order valence-electron chi connectivity index (χ0n) is 22.7. The molecule has 7 heteroatoms. The summed E-state index contributed by atoms with van der Waals surface area (Å²) < 4.78 is 0.254. The third kappa shape index (κ3) is 14.3. The molecule has 0 aromatic carbocycles. The zero-order valence-corrected chi connectivity index (χ0v) is 22.7. The molecule has 0 radical (unpaired) electrons. The van der Waals surface area contributed by atoms with Crippen LogP contribution in [0.4, 0.5) is 0 Å². The number of aliphatic carboxylic acids is 3. The van der Waals surface area contributed by atoms with Crippen molar-refractivity contribution in [3.8, 4) is 0 Å². The fourth-order valence-electron chi connectivity index (χ4n) is 4.92. The van der Waals surface area contributed by atoms with Gasteiger partial charge in [0.15, 0.2) is 0 Å². The van der Waals surface area contributed by atoms with Crippen LogP contribution in [-0.4, -0.2) is 63.9 Å². The van der Waals surface area contributed by atoms with Crippen LogP contribution in [0, 0.1) is 17.8 Å². The van der Waals surface area contributed by atoms with E-state index in [1.54, 1.807) is 0 Å². The summed E-state index contributed by atoms with van der Waals surface area (Å²) >= 11 is 0. The fourth-order valence-corrected chi connectivity index (χ4v) is 4.92. The first-order chi connectivity index (χ1) is 16.7. The number of hydrogen-bond acceptors (Lipinski definition) is 3. The Kier molecular flexibility index (Phi) is 18.3. The first-order valence-corrected chi connectivity index (χ1v) is 13.8. The third-order valence-corrected chi connectivity index (χ3v) is 7.25. The molecule has 0 heterocycles. The highest BCUT2D eigenvalue weighted by Gasteiger charge is 2.40. The van der Waals surface area contributed by atoms with Crippen molar-refractivity contribution >= 4 is 17.9 Å². The Bertz CT molecular complexity index is 573. The summed E-state index contributed by atoms with van der Waals surface area (Å²) in [6.07, 6.45) is 15.7. The van der Waals surface area contributed by atoms with E-state index in [4.69, 9.17) is 0 Å². The Labute approximate surface area is 213 Å². The molecule has 0 aliphatic carbocycles. The number of hydrogen-bond donors (Lipinski definition) is 3. The maximum absolute atomic E-state index is 11.9. The number of carbonyl (C=O) groups is 3. The molecule has 7 nitrogen and oxygen atoms in total. The van der Waals surface area contributed by atoms with Gasteiger partial charge in [-0.3, -0.25) is 14.4 Å². The molecule has 0 aliphatic heterocycles. The van der Waals surface area contributed by atoms with Crippen molar-refractivity contribution in [2.75, 3.05) is 26.2 Å². The number of allylic oxidation sites excluding steroid dienone is 2. The Morgan fingerprint density at radius 1 is 0.600 bits per heavy atom. The Morgan fingerprint density at radius 2 is 0.971 bits per heavy atom. The number of quaternary nitrogens is 1. The highest BCUT2D eigenvalue weighted by atomic mass is 16.4. The largest absolute Gasteiger partial charge is 0.481 e. The maximum Gasteiger partial charge on any atom is 0.312 e. The van der Waals surface area contributed by atoms with Gasteiger partial charge in [-0.1, -0.05) is 65.5 Å². The average Bonchev–Trinajstić information content (AvgIpc) is 2.82. The van der Waals surface area contributed by atoms with Crippen molar-refractivity contribution in [3.63, 3.8) is 0 Å². The number of carboxylic acid groups (broad SMARTS) is 3. The minimum absolute atomic E-state index is 0.254. The lowest BCUT2D eigenvalue weighted by Gasteiger charge is -2.43. The van der Waals surface area contributed by atoms with Crippen LogP contribution >= 0.6 is 0 Å². The third-order valence-electron chi connectivity index (χ3n) is 7.25. The van der Waals surface area contributed by atoms with Crippen molar-refractivity contribution in [1.29, 1.82) is 0 Å². The molecule has 0 aromatic rings. The van der Waals surface area contributed by atoms with Gasteiger partial charge in [-0.05, 0) is 51.4 Å². The summed E-state index contributed by atoms with van der Waals surface area (Å²) in [4.78, 5) is 35.7. The van der Waals surface area contributed by atoms with Gasteiger partial charge < -0.3 is 19.8 Å². The van der Waals surface area contributed by atoms with E-state index in [-0.39, 0.29) is 24.1 Å². The molecule has 0 spiro atoms. The topological polar surface area (TPSA) is 112 Å². The molecule has 3 unspecified atom stereocenters. The van der Waals surface area contributed by atoms with Crippen molar-refractivity contribution in [3.05, 3.63) is 12.2 Å². The minimum Gasteiger partial charge on any atom is -0.481 e. The van der Waals surface area contributed by atoms with Crippen LogP contribution in [0.5, 0.6) is 0 Å². The second-order valence-electron chi connectivity index (χ2n) is 10.1. The van der Waals surface area contributed by atoms with E-state index in [9.17, 15) is 29.7 Å². The fraction of sp³-hybridized carbons (Fsp3) is 0.821. The SMILES string of the molecule is CC/C=C/CCCCCCCCC[N+](CC(CC)C(=O)O)(CC(CC)C(=O)O)CC(CC)C(=O)O. The van der Waals surface area contributed by atoms with Gasteiger partial charge in [-0.15, -0.1) is 0 Å². The van der Waals surface area contributed by atoms with Crippen LogP contribution in [-0.2, 0) is 14.4 Å². The Morgan fingerprint density at radius 3 is 1.31 bits per heavy atom. The summed E-state index contributed by atoms with van der Waals surface area (Å²) in [5.74, 6) is -4.53. The molecule has 3 atom stereocenters. The lowest BCUT2D eigenvalue weighted by Crippen LogP contribution is -2.58. The lowest BCUT2D eigenvalue weighted by atomic mass is 9.95. The first kappa shape index (κ1) is 33.1. The summed E-state index contributed by atoms with van der Waals surface area (Å²) in [7, 11) is 0. The van der Waals surface area contributed by atoms with Crippen LogP contribution in [0.15, 0.2) is 12.2 Å². The number of unbranched alkanes of at least 4 members (excludes halogenated alkanes) is 7. The smallest absolute Gasteiger partial charge is 0.312 e. The van der Waals surface area contributed by atoms with Gasteiger partial charge in [-0.2, -0.15) is 0 Å². The summed E-state index contributed by atoms with van der Waals surface area (Å²) in [6.45, 7) is 9.10. The van der Waals surface area contributed by atoms with Crippen LogP contribution in [0.25, 0.3) is 0 Å². The summed E-state index contributed by atoms with van der Waals surface area (Å²) in [6, 6.07) is 0. The second-order valence-corrected chi connectivity index (χ2v) is 10.1. The monoisotopic (exact) mass is 498 g/mol. The van der Waals surface area contributed by atoms with Crippen LogP contribution < -0.4 is 0 Å². The van der Waals surface area contributed by atoms with Crippen LogP contribution in [0.1, 0.15) is 105 Å². The molecule has 0 amide bonds. The van der Waals surface area contributed by atoms with Crippen molar-refractivity contribution < 1.29 is 34.2 Å². The van der Waals surface area contributed by atoms with E-state index in [2.05, 4.69) is 19.1 Å². The molecule has 3 N–H and O–H groups in total. The number of carboxylic acids is 3. The quantitative estimate of drug-likeness (QED) is 0.0875. The van der Waals surface area contributed by atoms with E-state index < -0.39 is 35.7 Å². The minimum atomic E-state index is -0.893. The molecular weight excluding hydrogens is 446 g/mol. The van der Waals surface area contributed by atoms with Crippen LogP contribution in [0.2, 0.25) is 0 Å². The molecule has 0 bridgehead atoms. The lowest BCUT2D eigenvalue weighted by molar-refractivity contribution is -0.935. The van der Waals surface area contributed by atoms with E-state index in [0.29, 0.717) is 25.8 Å². The highest BCUT2D eigenvalue weighted by Crippen LogP contribution is 2.25. The standard InChI is InChI=1S/C28H51NO6/c1-5-9-10-11-12-13-14-15-16-17-18-19-29(20-23(6-2)26(30)31,21-24(7-3)27(32)33)22-25(8-4)28(34)35/h9-10,23-25H,5-8,11-22H2,1-4H3,(H2-,30,31,32,33,34,35)/p+1/b10-9+. The van der Waals surface area contributed by atoms with Gasteiger partial charge in [0.25, 0.3) is 0 Å². The van der Waals surface area contributed by atoms with Gasteiger partial charge in [-0.25, -0.2) is 0 Å². The average molecular weight is 499 g/mol. The molecule has 35 heavy (non-hydrogen) atoms. The van der Waals surface area contributed by atoms with Gasteiger partial charge in [0.1, 0.15) is 17.8 Å². The molecule has 0 fully saturated rings. The highest BCUT2D eigenvalue weighted by molar-refractivity contribution is 5.71. The molecule has 204 valence electrons. The van der Waals surface area contributed by atoms with Crippen molar-refractivity contribution in [2.24, 2.45) is 17.8 Å². The second kappa shape index (κ2) is 19.3. The van der Waals surface area contributed by atoms with Gasteiger partial charge >= 0.3 is 17.9 Å². The van der Waals surface area contributed by atoms with Crippen molar-refractivity contribution in [2.45, 2.75) is 105 Å². The van der Waals surface area contributed by atoms with Gasteiger partial charge in [0.2, 0.25) is 0 Å². The van der Waals surface area contributed by atoms with E-state index in [1.807, 2.05) is 20.8 Å². The maximum atomic E-state index is 11.9. The van der Waals surface area contributed by atoms with E-state index in [1.165, 1.54) is 19.3 Å². The molecule has 0 saturated heterocycles. The first-order valence-electron chi connectivity index (χ1n) is 13.8. The van der Waals surface area contributed by atoms with Crippen LogP contribution in [0.3, 0.4) is 0 Å². The zero-order chi connectivity index (χ0) is 26.7.